The van der Waals surface area contributed by atoms with Gasteiger partial charge in [-0.3, -0.25) is 4.79 Å². The van der Waals surface area contributed by atoms with E-state index in [-0.39, 0.29) is 5.41 Å². The van der Waals surface area contributed by atoms with Gasteiger partial charge in [0, 0.05) is 12.2 Å². The third kappa shape index (κ3) is 7.25. The number of carboxylic acid groups (broad SMARTS) is 1. The maximum atomic E-state index is 12.3. The van der Waals surface area contributed by atoms with Gasteiger partial charge in [-0.1, -0.05) is 118 Å². The monoisotopic (exact) mass is 537 g/mol. The van der Waals surface area contributed by atoms with Crippen LogP contribution in [-0.2, 0) is 14.6 Å². The van der Waals surface area contributed by atoms with Gasteiger partial charge in [0.15, 0.2) is 0 Å². The molecule has 0 aliphatic rings. The van der Waals surface area contributed by atoms with Crippen LogP contribution in [-0.4, -0.2) is 33.8 Å². The largest absolute Gasteiger partial charge is 0.496 e. The lowest BCUT2D eigenvalue weighted by Crippen LogP contribution is -2.45. The van der Waals surface area contributed by atoms with Gasteiger partial charge >= 0.3 is 5.97 Å². The Kier molecular flexibility index (Phi) is 9.39. The molecule has 1 radical (unpaired) electrons. The number of hydrogen-bond acceptors (Lipinski definition) is 3. The van der Waals surface area contributed by atoms with Gasteiger partial charge in [-0.25, -0.2) is 0 Å². The minimum Gasteiger partial charge on any atom is -0.496 e. The van der Waals surface area contributed by atoms with E-state index in [1.165, 1.54) is 15.9 Å². The van der Waals surface area contributed by atoms with Crippen LogP contribution in [0.5, 0.6) is 5.75 Å². The number of aliphatic carboxylic acids is 1. The topological polar surface area (TPSA) is 55.8 Å². The maximum absolute atomic E-state index is 12.3. The van der Waals surface area contributed by atoms with E-state index in [2.05, 4.69) is 57.2 Å². The zero-order chi connectivity index (χ0) is 27.8. The molecule has 0 fully saturated rings. The fourth-order valence-corrected chi connectivity index (χ4v) is 6.70. The third-order valence-electron chi connectivity index (χ3n) is 6.94. The van der Waals surface area contributed by atoms with Crippen molar-refractivity contribution in [3.8, 4) is 16.9 Å². The number of carboxylic acids is 1. The number of hydrogen-bond donors (Lipinski definition) is 1. The van der Waals surface area contributed by atoms with E-state index in [9.17, 15) is 9.90 Å². The van der Waals surface area contributed by atoms with E-state index in [1.54, 1.807) is 7.11 Å². The zero-order valence-electron chi connectivity index (χ0n) is 23.2. The molecule has 0 aliphatic carbocycles. The predicted molar refractivity (Wildman–Crippen MR) is 161 cm³/mol. The van der Waals surface area contributed by atoms with Crippen molar-refractivity contribution in [3.63, 3.8) is 0 Å². The summed E-state index contributed by atoms with van der Waals surface area (Å²) in [4.78, 5) is 12.3. The summed E-state index contributed by atoms with van der Waals surface area (Å²) >= 11 is 0. The van der Waals surface area contributed by atoms with Crippen LogP contribution in [0.2, 0.25) is 0 Å². The molecule has 0 bridgehead atoms. The first kappa shape index (κ1) is 28.3. The van der Waals surface area contributed by atoms with E-state index in [0.717, 1.165) is 16.7 Å². The highest BCUT2D eigenvalue weighted by Crippen LogP contribution is 2.34. The van der Waals surface area contributed by atoms with Gasteiger partial charge in [0.2, 0.25) is 0 Å². The van der Waals surface area contributed by atoms with Crippen LogP contribution in [0.3, 0.4) is 0 Å². The second kappa shape index (κ2) is 12.9. The average molecular weight is 538 g/mol. The first-order valence-corrected chi connectivity index (χ1v) is 14.8. The average Bonchev–Trinajstić information content (AvgIpc) is 2.95. The van der Waals surface area contributed by atoms with Crippen LogP contribution in [0.25, 0.3) is 11.1 Å². The zero-order valence-corrected chi connectivity index (χ0v) is 24.2. The van der Waals surface area contributed by atoms with Crippen molar-refractivity contribution in [2.75, 3.05) is 13.7 Å². The number of benzene rings is 4. The summed E-state index contributed by atoms with van der Waals surface area (Å²) in [5.74, 6) is -0.795. The lowest BCUT2D eigenvalue weighted by molar-refractivity contribution is -0.139. The van der Waals surface area contributed by atoms with Crippen molar-refractivity contribution in [1.29, 1.82) is 0 Å². The summed E-state index contributed by atoms with van der Waals surface area (Å²) in [7, 11) is 0.165. The molecule has 0 aromatic heterocycles. The Hall–Kier alpha value is -3.67. The van der Waals surface area contributed by atoms with Gasteiger partial charge in [0.1, 0.15) is 5.75 Å². The Morgan fingerprint density at radius 1 is 0.846 bits per heavy atom. The van der Waals surface area contributed by atoms with Crippen LogP contribution in [0, 0.1) is 0 Å². The Morgan fingerprint density at radius 2 is 1.46 bits per heavy atom. The van der Waals surface area contributed by atoms with Crippen molar-refractivity contribution in [2.24, 2.45) is 0 Å². The van der Waals surface area contributed by atoms with E-state index >= 15 is 0 Å². The highest BCUT2D eigenvalue weighted by Gasteiger charge is 2.24. The molecule has 5 heteroatoms. The van der Waals surface area contributed by atoms with Crippen molar-refractivity contribution >= 4 is 25.4 Å². The standard InChI is InChI=1S/C34H37O4Si/c1-34(2,3)27-18-20-29(21-19-27)39(28-14-9-6-10-15-28)38-23-11-16-31(33(35)36)26-17-22-30(32(24-26)37-4)25-12-7-5-8-13-25/h5-10,12-15,17-22,24,31H,11,16,23H2,1-4H3,(H,35,36). The summed E-state index contributed by atoms with van der Waals surface area (Å²) in [6.07, 6.45) is 1.12. The molecule has 0 saturated heterocycles. The minimum absolute atomic E-state index is 0.0901. The Morgan fingerprint density at radius 3 is 2.05 bits per heavy atom. The first-order chi connectivity index (χ1) is 18.8. The van der Waals surface area contributed by atoms with Crippen molar-refractivity contribution in [3.05, 3.63) is 114 Å². The molecule has 1 N–H and O–H groups in total. The fraction of sp³-hybridized carbons (Fsp3) is 0.265. The summed E-state index contributed by atoms with van der Waals surface area (Å²) in [5, 5.41) is 12.4. The molecule has 4 aromatic rings. The maximum Gasteiger partial charge on any atom is 0.310 e. The molecular weight excluding hydrogens is 500 g/mol. The highest BCUT2D eigenvalue weighted by atomic mass is 28.3. The lowest BCUT2D eigenvalue weighted by atomic mass is 9.87. The summed E-state index contributed by atoms with van der Waals surface area (Å²) in [5.41, 5.74) is 4.10. The molecule has 4 rings (SSSR count). The van der Waals surface area contributed by atoms with E-state index < -0.39 is 20.9 Å². The Bertz CT molecular complexity index is 1350. The molecule has 4 aromatic carbocycles. The second-order valence-electron chi connectivity index (χ2n) is 10.7. The molecule has 0 spiro atoms. The predicted octanol–water partition coefficient (Wildman–Crippen LogP) is 6.43. The van der Waals surface area contributed by atoms with Gasteiger partial charge in [-0.15, -0.1) is 0 Å². The van der Waals surface area contributed by atoms with E-state index in [0.29, 0.717) is 25.2 Å². The van der Waals surface area contributed by atoms with Crippen molar-refractivity contribution in [1.82, 2.24) is 0 Å². The molecule has 4 nitrogen and oxygen atoms in total. The molecule has 201 valence electrons. The minimum atomic E-state index is -1.46. The second-order valence-corrected chi connectivity index (χ2v) is 12.8. The van der Waals surface area contributed by atoms with Crippen molar-refractivity contribution < 1.29 is 19.1 Å². The molecule has 0 heterocycles. The summed E-state index contributed by atoms with van der Waals surface area (Å²) in [6, 6.07) is 34.8. The fourth-order valence-electron chi connectivity index (χ4n) is 4.72. The van der Waals surface area contributed by atoms with Crippen LogP contribution in [0.15, 0.2) is 103 Å². The molecular formula is C34H37O4Si. The number of ether oxygens (including phenoxy) is 1. The molecule has 1 atom stereocenters. The molecule has 0 aliphatic heterocycles. The van der Waals surface area contributed by atoms with E-state index in [1.807, 2.05) is 66.7 Å². The van der Waals surface area contributed by atoms with Gasteiger partial charge in [0.05, 0.1) is 13.0 Å². The normalized spacial score (nSPS) is 12.3. The third-order valence-corrected chi connectivity index (χ3v) is 9.15. The van der Waals surface area contributed by atoms with Gasteiger partial charge in [0.25, 0.3) is 9.04 Å². The Balaban J connectivity index is 1.47. The molecule has 0 saturated carbocycles. The summed E-state index contributed by atoms with van der Waals surface area (Å²) < 4.78 is 12.2. The van der Waals surface area contributed by atoms with Crippen molar-refractivity contribution in [2.45, 2.75) is 44.9 Å². The lowest BCUT2D eigenvalue weighted by Gasteiger charge is -2.21. The quantitative estimate of drug-likeness (QED) is 0.177. The Labute approximate surface area is 234 Å². The van der Waals surface area contributed by atoms with Gasteiger partial charge in [-0.05, 0) is 51.4 Å². The summed E-state index contributed by atoms with van der Waals surface area (Å²) in [6.45, 7) is 7.13. The van der Waals surface area contributed by atoms with Crippen LogP contribution < -0.4 is 15.1 Å². The first-order valence-electron chi connectivity index (χ1n) is 13.4. The number of carbonyl (C=O) groups is 1. The number of rotatable bonds is 11. The molecule has 1 unspecified atom stereocenters. The van der Waals surface area contributed by atoms with Crippen LogP contribution in [0.1, 0.15) is 50.7 Å². The van der Waals surface area contributed by atoms with Gasteiger partial charge < -0.3 is 14.3 Å². The van der Waals surface area contributed by atoms with Crippen LogP contribution in [0.4, 0.5) is 0 Å². The molecule has 39 heavy (non-hydrogen) atoms. The van der Waals surface area contributed by atoms with E-state index in [4.69, 9.17) is 9.16 Å². The smallest absolute Gasteiger partial charge is 0.310 e. The highest BCUT2D eigenvalue weighted by molar-refractivity contribution is 6.80. The van der Waals surface area contributed by atoms with Crippen LogP contribution >= 0.6 is 0 Å². The molecule has 0 amide bonds. The van der Waals surface area contributed by atoms with Gasteiger partial charge in [-0.2, -0.15) is 0 Å². The number of methoxy groups -OCH3 is 1. The SMILES string of the molecule is COc1cc(C(CCCO[Si](c2ccccc2)c2ccc(C(C)(C)C)cc2)C(=O)O)ccc1-c1ccccc1.